The zero-order chi connectivity index (χ0) is 15.2. The number of carbonyl (C=O) groups is 2. The molecule has 0 fully saturated rings. The number of aryl methyl sites for hydroxylation is 1. The first-order valence-corrected chi connectivity index (χ1v) is 6.66. The Kier molecular flexibility index (Phi) is 4.77. The average molecular weight is 287 g/mol. The molecule has 0 saturated carbocycles. The van der Waals surface area contributed by atoms with Crippen LogP contribution in [0.2, 0.25) is 0 Å². The summed E-state index contributed by atoms with van der Waals surface area (Å²) >= 11 is 0. The summed E-state index contributed by atoms with van der Waals surface area (Å²) in [4.78, 5) is 24.6. The summed E-state index contributed by atoms with van der Waals surface area (Å²) in [6.07, 6.45) is 1.96. The normalized spacial score (nSPS) is 10.3. The highest BCUT2D eigenvalue weighted by Crippen LogP contribution is 2.11. The fourth-order valence-electron chi connectivity index (χ4n) is 2.06. The van der Waals surface area contributed by atoms with Crippen LogP contribution in [-0.2, 0) is 11.2 Å². The van der Waals surface area contributed by atoms with Gasteiger partial charge in [-0.15, -0.1) is 0 Å². The predicted molar refractivity (Wildman–Crippen MR) is 77.1 cm³/mol. The van der Waals surface area contributed by atoms with Gasteiger partial charge in [0.1, 0.15) is 18.6 Å². The number of carbonyl (C=O) groups excluding carboxylic acids is 1. The van der Waals surface area contributed by atoms with Gasteiger partial charge < -0.3 is 14.4 Å². The number of furan rings is 1. The van der Waals surface area contributed by atoms with E-state index in [2.05, 4.69) is 0 Å². The molecule has 1 N–H and O–H groups in total. The lowest BCUT2D eigenvalue weighted by Crippen LogP contribution is -2.37. The summed E-state index contributed by atoms with van der Waals surface area (Å²) in [6, 6.07) is 11.3. The number of aliphatic carboxylic acids is 1. The van der Waals surface area contributed by atoms with E-state index in [9.17, 15) is 9.59 Å². The molecule has 0 bridgehead atoms. The Bertz CT molecular complexity index is 618. The first-order valence-electron chi connectivity index (χ1n) is 6.66. The van der Waals surface area contributed by atoms with Crippen LogP contribution in [0, 0.1) is 6.92 Å². The van der Waals surface area contributed by atoms with E-state index >= 15 is 0 Å². The molecule has 0 aliphatic rings. The first-order chi connectivity index (χ1) is 10.1. The van der Waals surface area contributed by atoms with Crippen molar-refractivity contribution >= 4 is 11.9 Å². The monoisotopic (exact) mass is 287 g/mol. The van der Waals surface area contributed by atoms with Crippen LogP contribution >= 0.6 is 0 Å². The third-order valence-corrected chi connectivity index (χ3v) is 3.10. The predicted octanol–water partition coefficient (Wildman–Crippen LogP) is 2.36. The van der Waals surface area contributed by atoms with Crippen LogP contribution in [0.1, 0.15) is 21.7 Å². The van der Waals surface area contributed by atoms with Gasteiger partial charge in [0.05, 0.1) is 5.56 Å². The number of carboxylic acids is 1. The van der Waals surface area contributed by atoms with Crippen LogP contribution in [0.4, 0.5) is 0 Å². The number of amides is 1. The third kappa shape index (κ3) is 4.21. The van der Waals surface area contributed by atoms with Gasteiger partial charge in [-0.1, -0.05) is 30.3 Å². The molecule has 1 aromatic carbocycles. The van der Waals surface area contributed by atoms with Crippen molar-refractivity contribution in [3.8, 4) is 0 Å². The van der Waals surface area contributed by atoms with Gasteiger partial charge in [0, 0.05) is 6.54 Å². The Hall–Kier alpha value is -2.56. The molecule has 0 radical (unpaired) electrons. The lowest BCUT2D eigenvalue weighted by molar-refractivity contribution is -0.137. The van der Waals surface area contributed by atoms with Crippen molar-refractivity contribution in [1.82, 2.24) is 4.90 Å². The topological polar surface area (TPSA) is 70.8 Å². The minimum atomic E-state index is -1.03. The maximum Gasteiger partial charge on any atom is 0.323 e. The maximum absolute atomic E-state index is 12.3. The molecular formula is C16H17NO4. The molecule has 0 atom stereocenters. The molecule has 1 heterocycles. The molecule has 1 aromatic heterocycles. The largest absolute Gasteiger partial charge is 0.480 e. The van der Waals surface area contributed by atoms with E-state index in [1.165, 1.54) is 11.2 Å². The second-order valence-electron chi connectivity index (χ2n) is 4.80. The fraction of sp³-hybridized carbons (Fsp3) is 0.250. The van der Waals surface area contributed by atoms with Crippen LogP contribution in [0.3, 0.4) is 0 Å². The second-order valence-corrected chi connectivity index (χ2v) is 4.80. The van der Waals surface area contributed by atoms with Crippen molar-refractivity contribution in [2.45, 2.75) is 13.3 Å². The van der Waals surface area contributed by atoms with Crippen LogP contribution in [0.25, 0.3) is 0 Å². The van der Waals surface area contributed by atoms with Gasteiger partial charge in [-0.3, -0.25) is 9.59 Å². The minimum Gasteiger partial charge on any atom is -0.480 e. The van der Waals surface area contributed by atoms with Crippen molar-refractivity contribution in [1.29, 1.82) is 0 Å². The molecule has 0 aliphatic carbocycles. The number of hydrogen-bond acceptors (Lipinski definition) is 3. The molecule has 110 valence electrons. The Morgan fingerprint density at radius 3 is 2.52 bits per heavy atom. The lowest BCUT2D eigenvalue weighted by Gasteiger charge is -2.20. The highest BCUT2D eigenvalue weighted by Gasteiger charge is 2.19. The second kappa shape index (κ2) is 6.74. The maximum atomic E-state index is 12.3. The summed E-state index contributed by atoms with van der Waals surface area (Å²) in [5, 5.41) is 8.96. The van der Waals surface area contributed by atoms with Crippen molar-refractivity contribution in [3.05, 3.63) is 59.5 Å². The summed E-state index contributed by atoms with van der Waals surface area (Å²) in [7, 11) is 0. The summed E-state index contributed by atoms with van der Waals surface area (Å²) in [5.74, 6) is -0.738. The zero-order valence-electron chi connectivity index (χ0n) is 11.8. The van der Waals surface area contributed by atoms with E-state index in [4.69, 9.17) is 9.52 Å². The molecule has 21 heavy (non-hydrogen) atoms. The fourth-order valence-corrected chi connectivity index (χ4v) is 2.06. The molecule has 0 unspecified atom stereocenters. The zero-order valence-corrected chi connectivity index (χ0v) is 11.8. The lowest BCUT2D eigenvalue weighted by atomic mass is 10.1. The molecule has 0 spiro atoms. The minimum absolute atomic E-state index is 0.324. The molecule has 5 heteroatoms. The molecule has 5 nitrogen and oxygen atoms in total. The quantitative estimate of drug-likeness (QED) is 0.885. The molecule has 0 saturated heterocycles. The van der Waals surface area contributed by atoms with Crippen LogP contribution in [0.15, 0.2) is 47.1 Å². The first kappa shape index (κ1) is 14.8. The van der Waals surface area contributed by atoms with E-state index in [0.29, 0.717) is 24.3 Å². The van der Waals surface area contributed by atoms with Gasteiger partial charge in [-0.2, -0.15) is 0 Å². The van der Waals surface area contributed by atoms with Crippen LogP contribution in [-0.4, -0.2) is 35.0 Å². The Labute approximate surface area is 122 Å². The molecular weight excluding hydrogens is 270 g/mol. The van der Waals surface area contributed by atoms with E-state index in [1.807, 2.05) is 30.3 Å². The van der Waals surface area contributed by atoms with Gasteiger partial charge in [-0.05, 0) is 25.0 Å². The van der Waals surface area contributed by atoms with Gasteiger partial charge in [-0.25, -0.2) is 0 Å². The molecule has 2 rings (SSSR count). The van der Waals surface area contributed by atoms with Gasteiger partial charge >= 0.3 is 5.97 Å². The van der Waals surface area contributed by atoms with Crippen LogP contribution < -0.4 is 0 Å². The number of rotatable bonds is 6. The number of benzene rings is 1. The van der Waals surface area contributed by atoms with Crippen molar-refractivity contribution in [3.63, 3.8) is 0 Å². The number of nitrogens with zero attached hydrogens (tertiary/aromatic N) is 1. The van der Waals surface area contributed by atoms with E-state index in [0.717, 1.165) is 5.56 Å². The highest BCUT2D eigenvalue weighted by atomic mass is 16.4. The highest BCUT2D eigenvalue weighted by molar-refractivity contribution is 5.95. The van der Waals surface area contributed by atoms with Crippen molar-refractivity contribution in [2.75, 3.05) is 13.1 Å². The third-order valence-electron chi connectivity index (χ3n) is 3.10. The van der Waals surface area contributed by atoms with Gasteiger partial charge in [0.25, 0.3) is 5.91 Å². The number of hydrogen-bond donors (Lipinski definition) is 1. The van der Waals surface area contributed by atoms with Crippen LogP contribution in [0.5, 0.6) is 0 Å². The summed E-state index contributed by atoms with van der Waals surface area (Å²) in [6.45, 7) is 1.76. The Morgan fingerprint density at radius 1 is 1.24 bits per heavy atom. The number of carboxylic acid groups (broad SMARTS) is 1. The van der Waals surface area contributed by atoms with Crippen molar-refractivity contribution < 1.29 is 19.1 Å². The Balaban J connectivity index is 2.07. The average Bonchev–Trinajstić information content (AvgIpc) is 2.90. The van der Waals surface area contributed by atoms with E-state index in [1.54, 1.807) is 13.0 Å². The van der Waals surface area contributed by atoms with E-state index < -0.39 is 5.97 Å². The van der Waals surface area contributed by atoms with Gasteiger partial charge in [0.15, 0.2) is 0 Å². The molecule has 0 aliphatic heterocycles. The van der Waals surface area contributed by atoms with E-state index in [-0.39, 0.29) is 12.5 Å². The SMILES string of the molecule is Cc1cc(C(=O)N(CCc2ccccc2)CC(=O)O)co1. The molecule has 2 aromatic rings. The smallest absolute Gasteiger partial charge is 0.323 e. The standard InChI is InChI=1S/C16H17NO4/c1-12-9-14(11-21-12)16(20)17(10-15(18)19)8-7-13-5-3-2-4-6-13/h2-6,9,11H,7-8,10H2,1H3,(H,18,19). The summed E-state index contributed by atoms with van der Waals surface area (Å²) in [5.41, 5.74) is 1.44. The van der Waals surface area contributed by atoms with Crippen molar-refractivity contribution in [2.24, 2.45) is 0 Å². The Morgan fingerprint density at radius 2 is 1.95 bits per heavy atom. The molecule has 1 amide bonds. The van der Waals surface area contributed by atoms with Gasteiger partial charge in [0.2, 0.25) is 0 Å². The summed E-state index contributed by atoms with van der Waals surface area (Å²) < 4.78 is 5.11.